The summed E-state index contributed by atoms with van der Waals surface area (Å²) >= 11 is 2.92. The van der Waals surface area contributed by atoms with E-state index in [0.717, 1.165) is 21.7 Å². The highest BCUT2D eigenvalue weighted by molar-refractivity contribution is 7.98. The van der Waals surface area contributed by atoms with Crippen LogP contribution in [0, 0.1) is 6.92 Å². The van der Waals surface area contributed by atoms with Gasteiger partial charge >= 0.3 is 0 Å². The van der Waals surface area contributed by atoms with Gasteiger partial charge in [-0.15, -0.1) is 16.9 Å². The van der Waals surface area contributed by atoms with Gasteiger partial charge in [-0.1, -0.05) is 22.7 Å². The molecule has 2 aliphatic heterocycles. The molecule has 3 heterocycles. The molecular formula is C23H23N5O2S2. The molecule has 5 rings (SSSR count). The molecule has 32 heavy (non-hydrogen) atoms. The molecule has 1 saturated heterocycles. The van der Waals surface area contributed by atoms with Crippen molar-refractivity contribution in [3.63, 3.8) is 0 Å². The van der Waals surface area contributed by atoms with Crippen LogP contribution in [-0.2, 0) is 0 Å². The second kappa shape index (κ2) is 8.55. The lowest BCUT2D eigenvalue weighted by Gasteiger charge is -2.21. The van der Waals surface area contributed by atoms with Crippen molar-refractivity contribution in [1.82, 2.24) is 19.8 Å². The number of carbonyl (C=O) groups excluding carboxylic acids is 2. The molecule has 0 bridgehead atoms. The Hall–Kier alpha value is -2.91. The lowest BCUT2D eigenvalue weighted by molar-refractivity contribution is 0.0743. The van der Waals surface area contributed by atoms with E-state index in [1.807, 2.05) is 24.0 Å². The molecule has 164 valence electrons. The van der Waals surface area contributed by atoms with E-state index < -0.39 is 0 Å². The van der Waals surface area contributed by atoms with Gasteiger partial charge in [0.1, 0.15) is 0 Å². The van der Waals surface area contributed by atoms with Crippen molar-refractivity contribution in [1.29, 1.82) is 0 Å². The summed E-state index contributed by atoms with van der Waals surface area (Å²) in [6.07, 6.45) is 2.76. The zero-order chi connectivity index (χ0) is 22.2. The Labute approximate surface area is 194 Å². The van der Waals surface area contributed by atoms with E-state index in [1.165, 1.54) is 16.4 Å². The standard InChI is InChI=1S/C23H23N5O2S2/c1-13-21(26-27-32-13)22(29)25-16-10-17-11-24-20-8-5-15(9-19(20)23(30)28(17)12-16)14-3-6-18(31-2)7-4-14/h3-9,16-17,24H,10-12H2,1-2H3,(H,25,29)/t16?,17-/m0/s1. The number of hydrogen-bond donors (Lipinski definition) is 2. The SMILES string of the molecule is CSc1ccc(-c2ccc3c(c2)C(=O)N2CC(NC(=O)c4nnsc4C)C[C@H]2CN3)cc1. The smallest absolute Gasteiger partial charge is 0.273 e. The maximum absolute atomic E-state index is 13.5. The normalized spacial score (nSPS) is 19.7. The lowest BCUT2D eigenvalue weighted by atomic mass is 10.0. The zero-order valence-electron chi connectivity index (χ0n) is 17.8. The summed E-state index contributed by atoms with van der Waals surface area (Å²) < 4.78 is 3.84. The third-order valence-corrected chi connectivity index (χ3v) is 7.45. The Kier molecular flexibility index (Phi) is 5.60. The summed E-state index contributed by atoms with van der Waals surface area (Å²) in [5, 5.41) is 10.4. The molecule has 9 heteroatoms. The third kappa shape index (κ3) is 3.86. The molecule has 0 saturated carbocycles. The van der Waals surface area contributed by atoms with E-state index in [2.05, 4.69) is 56.8 Å². The first kappa shape index (κ1) is 21.0. The van der Waals surface area contributed by atoms with Gasteiger partial charge in [-0.2, -0.15) is 0 Å². The van der Waals surface area contributed by atoms with Crippen molar-refractivity contribution < 1.29 is 9.59 Å². The van der Waals surface area contributed by atoms with Crippen LogP contribution in [-0.4, -0.2) is 57.7 Å². The summed E-state index contributed by atoms with van der Waals surface area (Å²) in [6, 6.07) is 14.3. The van der Waals surface area contributed by atoms with Gasteiger partial charge in [-0.05, 0) is 66.5 Å². The van der Waals surface area contributed by atoms with Crippen molar-refractivity contribution in [2.24, 2.45) is 0 Å². The second-order valence-corrected chi connectivity index (χ2v) is 9.90. The van der Waals surface area contributed by atoms with Crippen LogP contribution in [0.15, 0.2) is 47.4 Å². The summed E-state index contributed by atoms with van der Waals surface area (Å²) in [5.74, 6) is -0.225. The Morgan fingerprint density at radius 1 is 1.22 bits per heavy atom. The number of aromatic nitrogens is 2. The average Bonchev–Trinajstić information content (AvgIpc) is 3.40. The largest absolute Gasteiger partial charge is 0.382 e. The summed E-state index contributed by atoms with van der Waals surface area (Å²) in [7, 11) is 0. The molecule has 1 fully saturated rings. The van der Waals surface area contributed by atoms with Crippen LogP contribution in [0.3, 0.4) is 0 Å². The Morgan fingerprint density at radius 3 is 2.72 bits per heavy atom. The van der Waals surface area contributed by atoms with Crippen molar-refractivity contribution >= 4 is 40.8 Å². The van der Waals surface area contributed by atoms with E-state index in [0.29, 0.717) is 30.8 Å². The van der Waals surface area contributed by atoms with Crippen LogP contribution in [0.4, 0.5) is 5.69 Å². The fourth-order valence-electron chi connectivity index (χ4n) is 4.38. The van der Waals surface area contributed by atoms with Gasteiger partial charge < -0.3 is 15.5 Å². The predicted molar refractivity (Wildman–Crippen MR) is 127 cm³/mol. The molecule has 0 spiro atoms. The summed E-state index contributed by atoms with van der Waals surface area (Å²) in [6.45, 7) is 2.97. The number of fused-ring (bicyclic) bond motifs is 2. The monoisotopic (exact) mass is 465 g/mol. The fraction of sp³-hybridized carbons (Fsp3) is 0.304. The molecule has 7 nitrogen and oxygen atoms in total. The van der Waals surface area contributed by atoms with E-state index in [9.17, 15) is 9.59 Å². The Morgan fingerprint density at radius 2 is 2.00 bits per heavy atom. The van der Waals surface area contributed by atoms with E-state index in [4.69, 9.17) is 0 Å². The molecular weight excluding hydrogens is 442 g/mol. The molecule has 0 radical (unpaired) electrons. The first-order valence-corrected chi connectivity index (χ1v) is 12.5. The summed E-state index contributed by atoms with van der Waals surface area (Å²) in [5.41, 5.74) is 3.99. The van der Waals surface area contributed by atoms with Crippen LogP contribution in [0.1, 0.15) is 32.1 Å². The highest BCUT2D eigenvalue weighted by Crippen LogP contribution is 2.32. The minimum absolute atomic E-state index is 0.000776. The average molecular weight is 466 g/mol. The van der Waals surface area contributed by atoms with Gasteiger partial charge in [-0.25, -0.2) is 0 Å². The van der Waals surface area contributed by atoms with Crippen LogP contribution in [0.2, 0.25) is 0 Å². The van der Waals surface area contributed by atoms with Gasteiger partial charge in [0.25, 0.3) is 11.8 Å². The van der Waals surface area contributed by atoms with E-state index in [1.54, 1.807) is 11.8 Å². The van der Waals surface area contributed by atoms with Gasteiger partial charge in [0.2, 0.25) is 0 Å². The first-order chi connectivity index (χ1) is 15.5. The van der Waals surface area contributed by atoms with Gasteiger partial charge in [0.05, 0.1) is 16.5 Å². The lowest BCUT2D eigenvalue weighted by Crippen LogP contribution is -2.39. The van der Waals surface area contributed by atoms with Crippen LogP contribution in [0.5, 0.6) is 0 Å². The molecule has 2 amide bonds. The molecule has 1 aromatic heterocycles. The first-order valence-electron chi connectivity index (χ1n) is 10.5. The topological polar surface area (TPSA) is 87.2 Å². The Balaban J connectivity index is 1.35. The number of aryl methyl sites for hydroxylation is 1. The minimum atomic E-state index is -0.226. The maximum atomic E-state index is 13.5. The zero-order valence-corrected chi connectivity index (χ0v) is 19.4. The fourth-order valence-corrected chi connectivity index (χ4v) is 5.25. The molecule has 2 atom stereocenters. The van der Waals surface area contributed by atoms with Crippen LogP contribution in [0.25, 0.3) is 11.1 Å². The molecule has 1 unspecified atom stereocenters. The van der Waals surface area contributed by atoms with Crippen molar-refractivity contribution in [3.05, 3.63) is 58.6 Å². The highest BCUT2D eigenvalue weighted by Gasteiger charge is 2.39. The van der Waals surface area contributed by atoms with Crippen molar-refractivity contribution in [3.8, 4) is 11.1 Å². The van der Waals surface area contributed by atoms with Crippen molar-refractivity contribution in [2.45, 2.75) is 30.3 Å². The van der Waals surface area contributed by atoms with E-state index >= 15 is 0 Å². The number of amides is 2. The van der Waals surface area contributed by atoms with Gasteiger partial charge in [-0.3, -0.25) is 9.59 Å². The molecule has 2 aromatic carbocycles. The maximum Gasteiger partial charge on any atom is 0.273 e. The number of benzene rings is 2. The minimum Gasteiger partial charge on any atom is -0.382 e. The van der Waals surface area contributed by atoms with Gasteiger partial charge in [0, 0.05) is 29.7 Å². The number of carbonyl (C=O) groups is 2. The Bertz CT molecular complexity index is 1180. The number of thioether (sulfide) groups is 1. The molecule has 3 aromatic rings. The molecule has 2 aliphatic rings. The number of rotatable bonds is 4. The van der Waals surface area contributed by atoms with Crippen LogP contribution < -0.4 is 10.6 Å². The third-order valence-electron chi connectivity index (χ3n) is 6.08. The van der Waals surface area contributed by atoms with E-state index in [-0.39, 0.29) is 23.9 Å². The second-order valence-electron chi connectivity index (χ2n) is 8.06. The number of nitrogens with zero attached hydrogens (tertiary/aromatic N) is 3. The summed E-state index contributed by atoms with van der Waals surface area (Å²) in [4.78, 5) is 29.9. The van der Waals surface area contributed by atoms with Crippen molar-refractivity contribution in [2.75, 3.05) is 24.7 Å². The highest BCUT2D eigenvalue weighted by atomic mass is 32.2. The molecule has 0 aliphatic carbocycles. The number of nitrogens with one attached hydrogen (secondary N) is 2. The number of hydrogen-bond acceptors (Lipinski definition) is 7. The quantitative estimate of drug-likeness (QED) is 0.572. The molecule has 2 N–H and O–H groups in total. The van der Waals surface area contributed by atoms with Crippen LogP contribution >= 0.6 is 23.3 Å². The number of anilines is 1. The van der Waals surface area contributed by atoms with Gasteiger partial charge in [0.15, 0.2) is 5.69 Å². The predicted octanol–water partition coefficient (Wildman–Crippen LogP) is 3.67.